The minimum absolute atomic E-state index is 0.0219. The number of carbonyl (C=O) groups is 1. The molecule has 5 heteroatoms. The van der Waals surface area contributed by atoms with Crippen LogP contribution in [-0.2, 0) is 11.3 Å². The molecule has 1 aromatic carbocycles. The number of nitrogens with one attached hydrogen (secondary N) is 1. The molecule has 0 fully saturated rings. The molecule has 0 aliphatic rings. The standard InChI is InChI=1S/C15H25N3O2/c1-12(16)10-15(19)17-11-13-4-6-14(7-5-13)20-9-8-18(2)3/h4-7,12H,8-11,16H2,1-3H3,(H,17,19). The normalized spacial score (nSPS) is 12.2. The second kappa shape index (κ2) is 8.55. The molecular weight excluding hydrogens is 254 g/mol. The van der Waals surface area contributed by atoms with Gasteiger partial charge in [-0.3, -0.25) is 4.79 Å². The number of hydrogen-bond donors (Lipinski definition) is 2. The van der Waals surface area contributed by atoms with Gasteiger partial charge in [0.25, 0.3) is 0 Å². The van der Waals surface area contributed by atoms with Crippen LogP contribution in [0.15, 0.2) is 24.3 Å². The average Bonchev–Trinajstić information content (AvgIpc) is 2.36. The van der Waals surface area contributed by atoms with Crippen molar-refractivity contribution in [2.45, 2.75) is 25.9 Å². The molecule has 1 amide bonds. The monoisotopic (exact) mass is 279 g/mol. The van der Waals surface area contributed by atoms with Gasteiger partial charge in [-0.2, -0.15) is 0 Å². The first-order valence-electron chi connectivity index (χ1n) is 6.86. The van der Waals surface area contributed by atoms with E-state index in [1.165, 1.54) is 0 Å². The van der Waals surface area contributed by atoms with Gasteiger partial charge in [0.05, 0.1) is 0 Å². The highest BCUT2D eigenvalue weighted by molar-refractivity contribution is 5.76. The zero-order valence-electron chi connectivity index (χ0n) is 12.6. The van der Waals surface area contributed by atoms with Crippen LogP contribution in [0, 0.1) is 0 Å². The quantitative estimate of drug-likeness (QED) is 0.744. The molecule has 1 unspecified atom stereocenters. The van der Waals surface area contributed by atoms with E-state index in [-0.39, 0.29) is 11.9 Å². The summed E-state index contributed by atoms with van der Waals surface area (Å²) >= 11 is 0. The molecule has 0 aliphatic carbocycles. The SMILES string of the molecule is CC(N)CC(=O)NCc1ccc(OCCN(C)C)cc1. The fourth-order valence-corrected chi connectivity index (χ4v) is 1.61. The van der Waals surface area contributed by atoms with Gasteiger partial charge >= 0.3 is 0 Å². The lowest BCUT2D eigenvalue weighted by molar-refractivity contribution is -0.121. The van der Waals surface area contributed by atoms with Crippen molar-refractivity contribution in [3.8, 4) is 5.75 Å². The van der Waals surface area contributed by atoms with E-state index < -0.39 is 0 Å². The number of nitrogens with two attached hydrogens (primary N) is 1. The highest BCUT2D eigenvalue weighted by Gasteiger charge is 2.04. The van der Waals surface area contributed by atoms with Gasteiger partial charge in [0.1, 0.15) is 12.4 Å². The first kappa shape index (κ1) is 16.5. The lowest BCUT2D eigenvalue weighted by Gasteiger charge is -2.11. The van der Waals surface area contributed by atoms with Crippen LogP contribution < -0.4 is 15.8 Å². The van der Waals surface area contributed by atoms with Crippen LogP contribution in [-0.4, -0.2) is 44.1 Å². The molecule has 0 heterocycles. The highest BCUT2D eigenvalue weighted by atomic mass is 16.5. The minimum Gasteiger partial charge on any atom is -0.492 e. The first-order chi connectivity index (χ1) is 9.47. The molecule has 0 saturated carbocycles. The number of amides is 1. The summed E-state index contributed by atoms with van der Waals surface area (Å²) in [6.45, 7) is 3.88. The maximum Gasteiger partial charge on any atom is 0.221 e. The molecule has 112 valence electrons. The van der Waals surface area contributed by atoms with Gasteiger partial charge < -0.3 is 20.7 Å². The van der Waals surface area contributed by atoms with Crippen LogP contribution in [0.3, 0.4) is 0 Å². The number of likely N-dealkylation sites (N-methyl/N-ethyl adjacent to an activating group) is 1. The Morgan fingerprint density at radius 2 is 2.00 bits per heavy atom. The second-order valence-corrected chi connectivity index (χ2v) is 5.25. The van der Waals surface area contributed by atoms with E-state index in [9.17, 15) is 4.79 Å². The van der Waals surface area contributed by atoms with E-state index in [0.29, 0.717) is 19.6 Å². The fourth-order valence-electron chi connectivity index (χ4n) is 1.61. The Bertz CT molecular complexity index is 402. The Labute approximate surface area is 121 Å². The zero-order chi connectivity index (χ0) is 15.0. The van der Waals surface area contributed by atoms with Crippen molar-refractivity contribution in [2.75, 3.05) is 27.2 Å². The number of ether oxygens (including phenoxy) is 1. The van der Waals surface area contributed by atoms with Crippen molar-refractivity contribution < 1.29 is 9.53 Å². The van der Waals surface area contributed by atoms with Gasteiger partial charge in [-0.15, -0.1) is 0 Å². The minimum atomic E-state index is -0.109. The summed E-state index contributed by atoms with van der Waals surface area (Å²) in [6.07, 6.45) is 0.353. The third kappa shape index (κ3) is 7.11. The van der Waals surface area contributed by atoms with Crippen LogP contribution in [0.5, 0.6) is 5.75 Å². The van der Waals surface area contributed by atoms with Crippen LogP contribution >= 0.6 is 0 Å². The fraction of sp³-hybridized carbons (Fsp3) is 0.533. The Balaban J connectivity index is 2.33. The van der Waals surface area contributed by atoms with Gasteiger partial charge in [-0.05, 0) is 38.7 Å². The van der Waals surface area contributed by atoms with Gasteiger partial charge in [0.2, 0.25) is 5.91 Å². The molecule has 1 aromatic rings. The molecule has 3 N–H and O–H groups in total. The molecule has 0 aromatic heterocycles. The Morgan fingerprint density at radius 3 is 2.55 bits per heavy atom. The molecule has 0 aliphatic heterocycles. The summed E-state index contributed by atoms with van der Waals surface area (Å²) in [4.78, 5) is 13.6. The van der Waals surface area contributed by atoms with Crippen LogP contribution in [0.2, 0.25) is 0 Å². The van der Waals surface area contributed by atoms with Crippen LogP contribution in [0.25, 0.3) is 0 Å². The number of benzene rings is 1. The Morgan fingerprint density at radius 1 is 1.35 bits per heavy atom. The van der Waals surface area contributed by atoms with E-state index in [2.05, 4.69) is 10.2 Å². The van der Waals surface area contributed by atoms with E-state index in [1.807, 2.05) is 45.3 Å². The third-order valence-corrected chi connectivity index (χ3v) is 2.73. The van der Waals surface area contributed by atoms with Crippen molar-refractivity contribution in [1.82, 2.24) is 10.2 Å². The number of rotatable bonds is 8. The molecule has 20 heavy (non-hydrogen) atoms. The molecule has 1 rings (SSSR count). The van der Waals surface area contributed by atoms with Crippen molar-refractivity contribution in [2.24, 2.45) is 5.73 Å². The van der Waals surface area contributed by atoms with Crippen molar-refractivity contribution >= 4 is 5.91 Å². The van der Waals surface area contributed by atoms with Crippen molar-refractivity contribution in [3.63, 3.8) is 0 Å². The van der Waals surface area contributed by atoms with Crippen LogP contribution in [0.1, 0.15) is 18.9 Å². The predicted octanol–water partition coefficient (Wildman–Crippen LogP) is 0.981. The largest absolute Gasteiger partial charge is 0.492 e. The Hall–Kier alpha value is -1.59. The number of hydrogen-bond acceptors (Lipinski definition) is 4. The summed E-state index contributed by atoms with van der Waals surface area (Å²) in [5.41, 5.74) is 6.61. The number of carbonyl (C=O) groups excluding carboxylic acids is 1. The maximum atomic E-state index is 11.5. The maximum absolute atomic E-state index is 11.5. The van der Waals surface area contributed by atoms with Crippen molar-refractivity contribution in [1.29, 1.82) is 0 Å². The third-order valence-electron chi connectivity index (χ3n) is 2.73. The average molecular weight is 279 g/mol. The van der Waals surface area contributed by atoms with Crippen molar-refractivity contribution in [3.05, 3.63) is 29.8 Å². The van der Waals surface area contributed by atoms with Gasteiger partial charge in [-0.1, -0.05) is 12.1 Å². The molecule has 0 spiro atoms. The molecule has 1 atom stereocenters. The smallest absolute Gasteiger partial charge is 0.221 e. The summed E-state index contributed by atoms with van der Waals surface area (Å²) in [5.74, 6) is 0.823. The molecule has 0 bridgehead atoms. The van der Waals surface area contributed by atoms with E-state index >= 15 is 0 Å². The predicted molar refractivity (Wildman–Crippen MR) is 80.6 cm³/mol. The second-order valence-electron chi connectivity index (χ2n) is 5.25. The zero-order valence-corrected chi connectivity index (χ0v) is 12.6. The lowest BCUT2D eigenvalue weighted by Crippen LogP contribution is -2.29. The summed E-state index contributed by atoms with van der Waals surface area (Å²) in [7, 11) is 4.02. The van der Waals surface area contributed by atoms with E-state index in [1.54, 1.807) is 0 Å². The van der Waals surface area contributed by atoms with Gasteiger partial charge in [0, 0.05) is 25.6 Å². The highest BCUT2D eigenvalue weighted by Crippen LogP contribution is 2.12. The first-order valence-corrected chi connectivity index (χ1v) is 6.86. The van der Waals surface area contributed by atoms with Crippen LogP contribution in [0.4, 0.5) is 0 Å². The van der Waals surface area contributed by atoms with E-state index in [4.69, 9.17) is 10.5 Å². The number of nitrogens with zero attached hydrogens (tertiary/aromatic N) is 1. The molecule has 0 radical (unpaired) electrons. The molecule has 5 nitrogen and oxygen atoms in total. The molecular formula is C15H25N3O2. The van der Waals surface area contributed by atoms with Gasteiger partial charge in [0.15, 0.2) is 0 Å². The molecule has 0 saturated heterocycles. The summed E-state index contributed by atoms with van der Waals surface area (Å²) in [5, 5.41) is 2.84. The topological polar surface area (TPSA) is 67.6 Å². The van der Waals surface area contributed by atoms with Gasteiger partial charge in [-0.25, -0.2) is 0 Å². The lowest BCUT2D eigenvalue weighted by atomic mass is 10.2. The summed E-state index contributed by atoms with van der Waals surface area (Å²) in [6, 6.07) is 7.64. The summed E-state index contributed by atoms with van der Waals surface area (Å²) < 4.78 is 5.60. The van der Waals surface area contributed by atoms with E-state index in [0.717, 1.165) is 17.9 Å². The Kier molecular flexibility index (Phi) is 7.04.